The average molecular weight is 421 g/mol. The molecule has 158 valence electrons. The predicted molar refractivity (Wildman–Crippen MR) is 116 cm³/mol. The number of ether oxygens (including phenoxy) is 1. The molecule has 0 unspecified atom stereocenters. The van der Waals surface area contributed by atoms with Crippen LogP contribution in [0, 0.1) is 12.7 Å². The predicted octanol–water partition coefficient (Wildman–Crippen LogP) is 4.80. The molecular weight excluding hydrogens is 400 g/mol. The lowest BCUT2D eigenvalue weighted by molar-refractivity contribution is 0.300. The molecule has 0 saturated heterocycles. The molecule has 3 heterocycles. The van der Waals surface area contributed by atoms with Gasteiger partial charge in [0.2, 0.25) is 0 Å². The van der Waals surface area contributed by atoms with Gasteiger partial charge in [0.1, 0.15) is 24.0 Å². The van der Waals surface area contributed by atoms with Crippen LogP contribution in [0.4, 0.5) is 8.78 Å². The van der Waals surface area contributed by atoms with Crippen molar-refractivity contribution in [2.24, 2.45) is 4.99 Å². The highest BCUT2D eigenvalue weighted by atomic mass is 19.1. The molecule has 4 rings (SSSR count). The zero-order chi connectivity index (χ0) is 21.8. The van der Waals surface area contributed by atoms with Gasteiger partial charge in [-0.15, -0.1) is 0 Å². The maximum absolute atomic E-state index is 14.4. The standard InChI is InChI=1S/C24H21F2N3O2/c1-16-11-19(6-7-21(16)22-14-27-9-2-3-23(22)26)29-10-8-20(12-24(29)30)31-15-18-5-4-17(25)13-28-18/h4-13H,2-3,14-15H2,1H3. The zero-order valence-electron chi connectivity index (χ0n) is 17.0. The Morgan fingerprint density at radius 2 is 2.00 bits per heavy atom. The van der Waals surface area contributed by atoms with Gasteiger partial charge in [-0.2, -0.15) is 0 Å². The lowest BCUT2D eigenvalue weighted by Gasteiger charge is -2.13. The van der Waals surface area contributed by atoms with Crippen LogP contribution in [-0.2, 0) is 6.61 Å². The van der Waals surface area contributed by atoms with Crippen molar-refractivity contribution in [3.05, 3.63) is 93.7 Å². The van der Waals surface area contributed by atoms with Crippen molar-refractivity contribution in [1.82, 2.24) is 9.55 Å². The molecule has 31 heavy (non-hydrogen) atoms. The van der Waals surface area contributed by atoms with E-state index in [0.717, 1.165) is 17.3 Å². The van der Waals surface area contributed by atoms with Crippen molar-refractivity contribution in [3.8, 4) is 11.4 Å². The van der Waals surface area contributed by atoms with E-state index in [1.807, 2.05) is 19.1 Å². The first-order valence-electron chi connectivity index (χ1n) is 9.94. The van der Waals surface area contributed by atoms with E-state index in [0.29, 0.717) is 42.1 Å². The SMILES string of the molecule is Cc1cc(-n2ccc(OCc3ccc(F)cn3)cc2=O)ccc1C1=C(F)CCC=NC1. The van der Waals surface area contributed by atoms with Gasteiger partial charge in [-0.05, 0) is 61.0 Å². The largest absolute Gasteiger partial charge is 0.487 e. The van der Waals surface area contributed by atoms with Crippen molar-refractivity contribution >= 4 is 11.8 Å². The Balaban J connectivity index is 1.54. The number of rotatable bonds is 5. The molecular formula is C24H21F2N3O2. The van der Waals surface area contributed by atoms with Gasteiger partial charge in [-0.1, -0.05) is 6.07 Å². The molecule has 0 saturated carbocycles. The number of hydrogen-bond donors (Lipinski definition) is 0. The number of allylic oxidation sites excluding steroid dienone is 1. The number of pyridine rings is 2. The minimum absolute atomic E-state index is 0.126. The second-order valence-electron chi connectivity index (χ2n) is 7.27. The van der Waals surface area contributed by atoms with Gasteiger partial charge in [0, 0.05) is 29.9 Å². The van der Waals surface area contributed by atoms with Crippen LogP contribution in [0.1, 0.15) is 29.7 Å². The zero-order valence-corrected chi connectivity index (χ0v) is 17.0. The maximum atomic E-state index is 14.4. The summed E-state index contributed by atoms with van der Waals surface area (Å²) < 4.78 is 34.4. The summed E-state index contributed by atoms with van der Waals surface area (Å²) in [6.07, 6.45) is 5.46. The summed E-state index contributed by atoms with van der Waals surface area (Å²) in [5.74, 6) is -0.162. The second-order valence-corrected chi connectivity index (χ2v) is 7.27. The second kappa shape index (κ2) is 9.04. The van der Waals surface area contributed by atoms with Crippen LogP contribution in [0.25, 0.3) is 11.3 Å². The van der Waals surface area contributed by atoms with E-state index >= 15 is 0 Å². The van der Waals surface area contributed by atoms with Crippen LogP contribution in [0.3, 0.4) is 0 Å². The molecule has 0 bridgehead atoms. The van der Waals surface area contributed by atoms with Gasteiger partial charge in [0.05, 0.1) is 18.4 Å². The number of nitrogens with zero attached hydrogens (tertiary/aromatic N) is 3. The van der Waals surface area contributed by atoms with Gasteiger partial charge >= 0.3 is 0 Å². The highest BCUT2D eigenvalue weighted by Gasteiger charge is 2.14. The van der Waals surface area contributed by atoms with Gasteiger partial charge < -0.3 is 4.74 Å². The van der Waals surface area contributed by atoms with E-state index < -0.39 is 5.82 Å². The number of aryl methyl sites for hydroxylation is 1. The van der Waals surface area contributed by atoms with E-state index in [1.165, 1.54) is 22.8 Å². The molecule has 2 aromatic heterocycles. The summed E-state index contributed by atoms with van der Waals surface area (Å²) in [5.41, 5.74) is 3.25. The minimum Gasteiger partial charge on any atom is -0.487 e. The summed E-state index contributed by atoms with van der Waals surface area (Å²) in [4.78, 5) is 20.8. The van der Waals surface area contributed by atoms with E-state index in [4.69, 9.17) is 4.74 Å². The third-order valence-corrected chi connectivity index (χ3v) is 5.08. The van der Waals surface area contributed by atoms with Crippen LogP contribution >= 0.6 is 0 Å². The highest BCUT2D eigenvalue weighted by Crippen LogP contribution is 2.28. The first-order chi connectivity index (χ1) is 15.0. The quantitative estimate of drug-likeness (QED) is 0.594. The smallest absolute Gasteiger partial charge is 0.258 e. The lowest BCUT2D eigenvalue weighted by atomic mass is 9.98. The van der Waals surface area contributed by atoms with Crippen molar-refractivity contribution in [2.45, 2.75) is 26.4 Å². The van der Waals surface area contributed by atoms with Gasteiger partial charge in [-0.25, -0.2) is 8.78 Å². The summed E-state index contributed by atoms with van der Waals surface area (Å²) in [6.45, 7) is 2.34. The van der Waals surface area contributed by atoms with Crippen molar-refractivity contribution < 1.29 is 13.5 Å². The summed E-state index contributed by atoms with van der Waals surface area (Å²) >= 11 is 0. The summed E-state index contributed by atoms with van der Waals surface area (Å²) in [5, 5.41) is 0. The number of benzene rings is 1. The fourth-order valence-corrected chi connectivity index (χ4v) is 3.46. The Morgan fingerprint density at radius 3 is 2.74 bits per heavy atom. The molecule has 0 radical (unpaired) electrons. The van der Waals surface area contributed by atoms with Crippen molar-refractivity contribution in [3.63, 3.8) is 0 Å². The molecule has 3 aromatic rings. The van der Waals surface area contributed by atoms with Crippen LogP contribution < -0.4 is 10.3 Å². The monoisotopic (exact) mass is 421 g/mol. The Hall–Kier alpha value is -3.61. The van der Waals surface area contributed by atoms with E-state index in [9.17, 15) is 13.6 Å². The third-order valence-electron chi connectivity index (χ3n) is 5.08. The lowest BCUT2D eigenvalue weighted by Crippen LogP contribution is -2.17. The summed E-state index contributed by atoms with van der Waals surface area (Å²) in [6, 6.07) is 11.4. The molecule has 1 aliphatic heterocycles. The third kappa shape index (κ3) is 4.77. The summed E-state index contributed by atoms with van der Waals surface area (Å²) in [7, 11) is 0. The van der Waals surface area contributed by atoms with Gasteiger partial charge in [-0.3, -0.25) is 19.3 Å². The van der Waals surface area contributed by atoms with Crippen LogP contribution in [0.2, 0.25) is 0 Å². The minimum atomic E-state index is -0.418. The molecule has 5 nitrogen and oxygen atoms in total. The van der Waals surface area contributed by atoms with E-state index in [-0.39, 0.29) is 18.0 Å². The molecule has 0 fully saturated rings. The Labute approximate surface area is 178 Å². The highest BCUT2D eigenvalue weighted by molar-refractivity contribution is 5.75. The molecule has 1 aliphatic rings. The van der Waals surface area contributed by atoms with E-state index in [2.05, 4.69) is 9.98 Å². The number of aliphatic imine (C=N–C) groups is 1. The topological polar surface area (TPSA) is 56.5 Å². The van der Waals surface area contributed by atoms with Crippen LogP contribution in [-0.4, -0.2) is 22.3 Å². The molecule has 1 aromatic carbocycles. The first-order valence-corrected chi connectivity index (χ1v) is 9.94. The van der Waals surface area contributed by atoms with Gasteiger partial charge in [0.25, 0.3) is 5.56 Å². The molecule has 0 spiro atoms. The number of hydrogen-bond acceptors (Lipinski definition) is 4. The molecule has 0 amide bonds. The maximum Gasteiger partial charge on any atom is 0.258 e. The fourth-order valence-electron chi connectivity index (χ4n) is 3.46. The Kier molecular flexibility index (Phi) is 6.02. The van der Waals surface area contributed by atoms with Crippen molar-refractivity contribution in [2.75, 3.05) is 6.54 Å². The number of aromatic nitrogens is 2. The number of halogens is 2. The normalized spacial score (nSPS) is 13.9. The Bertz CT molecular complexity index is 1210. The van der Waals surface area contributed by atoms with Crippen molar-refractivity contribution in [1.29, 1.82) is 0 Å². The fraction of sp³-hybridized carbons (Fsp3) is 0.208. The molecule has 0 aliphatic carbocycles. The Morgan fingerprint density at radius 1 is 1.13 bits per heavy atom. The average Bonchev–Trinajstić information content (AvgIpc) is 2.98. The molecule has 7 heteroatoms. The first kappa shape index (κ1) is 20.7. The molecule has 0 atom stereocenters. The molecule has 0 N–H and O–H groups in total. The van der Waals surface area contributed by atoms with Crippen LogP contribution in [0.5, 0.6) is 5.75 Å². The van der Waals surface area contributed by atoms with Crippen LogP contribution in [0.15, 0.2) is 70.5 Å². The van der Waals surface area contributed by atoms with E-state index in [1.54, 1.807) is 24.5 Å². The van der Waals surface area contributed by atoms with Gasteiger partial charge in [0.15, 0.2) is 0 Å².